The normalized spacial score (nSPS) is 15.0. The molecule has 13 aromatic carbocycles. The van der Waals surface area contributed by atoms with E-state index in [0.29, 0.717) is 0 Å². The number of hydrogen-bond acceptors (Lipinski definition) is 1. The maximum absolute atomic E-state index is 2.60. The second kappa shape index (κ2) is 17.0. The Morgan fingerprint density at radius 1 is 0.309 bits per heavy atom. The number of fused-ring (bicyclic) bond motifs is 11. The van der Waals surface area contributed by atoms with Crippen LogP contribution in [0.15, 0.2) is 273 Å². The SMILES string of the molecule is CC1(C)c2ccccc2-c2cc(N(c3ccc(-c4ccc5ccccc5c4)cc3)c3ccc4c(-c5ccc6c(c5)-n5c7ccccc7c7ccc8c(c75)-c5c-6cccc5C8(C)c5ccc(-c6ccccc6)cc5)cccc4c3)ccc21. The van der Waals surface area contributed by atoms with Gasteiger partial charge in [-0.15, -0.1) is 0 Å². The molecule has 0 saturated carbocycles. The maximum Gasteiger partial charge on any atom is 0.0623 e. The van der Waals surface area contributed by atoms with Crippen LogP contribution in [0.3, 0.4) is 0 Å². The van der Waals surface area contributed by atoms with Crippen LogP contribution in [0.5, 0.6) is 0 Å². The summed E-state index contributed by atoms with van der Waals surface area (Å²) in [4.78, 5) is 2.45. The van der Waals surface area contributed by atoms with Crippen LogP contribution in [0, 0.1) is 0 Å². The fourth-order valence-corrected chi connectivity index (χ4v) is 14.8. The van der Waals surface area contributed by atoms with Gasteiger partial charge in [-0.3, -0.25) is 0 Å². The monoisotopic (exact) mass is 1030 g/mol. The van der Waals surface area contributed by atoms with Crippen molar-refractivity contribution >= 4 is 60.4 Å². The Labute approximate surface area is 472 Å². The molecular weight excluding hydrogens is 977 g/mol. The molecule has 17 rings (SSSR count). The molecular formula is C79H54N2. The van der Waals surface area contributed by atoms with Gasteiger partial charge in [-0.25, -0.2) is 0 Å². The summed E-state index contributed by atoms with van der Waals surface area (Å²) >= 11 is 0. The summed E-state index contributed by atoms with van der Waals surface area (Å²) in [5, 5.41) is 7.46. The van der Waals surface area contributed by atoms with Gasteiger partial charge in [0.2, 0.25) is 0 Å². The lowest BCUT2D eigenvalue weighted by atomic mass is 9.73. The number of rotatable bonds is 7. The topological polar surface area (TPSA) is 8.17 Å². The van der Waals surface area contributed by atoms with Crippen molar-refractivity contribution in [3.05, 3.63) is 301 Å². The molecule has 2 heterocycles. The molecule has 14 aromatic rings. The van der Waals surface area contributed by atoms with Crippen molar-refractivity contribution in [3.63, 3.8) is 0 Å². The van der Waals surface area contributed by atoms with Gasteiger partial charge in [-0.05, 0) is 167 Å². The first-order valence-corrected chi connectivity index (χ1v) is 28.5. The first-order valence-electron chi connectivity index (χ1n) is 28.5. The van der Waals surface area contributed by atoms with E-state index in [4.69, 9.17) is 0 Å². The quantitative estimate of drug-likeness (QED) is 0.154. The third kappa shape index (κ3) is 6.56. The third-order valence-corrected chi connectivity index (χ3v) is 18.8. The van der Waals surface area contributed by atoms with E-state index < -0.39 is 0 Å². The number of nitrogens with zero attached hydrogens (tertiary/aromatic N) is 2. The van der Waals surface area contributed by atoms with Gasteiger partial charge >= 0.3 is 0 Å². The minimum Gasteiger partial charge on any atom is -0.310 e. The summed E-state index contributed by atoms with van der Waals surface area (Å²) in [6.07, 6.45) is 0. The van der Waals surface area contributed by atoms with Gasteiger partial charge in [0.15, 0.2) is 0 Å². The van der Waals surface area contributed by atoms with Crippen molar-refractivity contribution in [2.75, 3.05) is 4.90 Å². The molecule has 1 unspecified atom stereocenters. The van der Waals surface area contributed by atoms with Crippen molar-refractivity contribution < 1.29 is 0 Å². The molecule has 81 heavy (non-hydrogen) atoms. The molecule has 380 valence electrons. The third-order valence-electron chi connectivity index (χ3n) is 18.8. The fourth-order valence-electron chi connectivity index (χ4n) is 14.8. The summed E-state index contributed by atoms with van der Waals surface area (Å²) < 4.78 is 2.60. The van der Waals surface area contributed by atoms with E-state index >= 15 is 0 Å². The molecule has 1 atom stereocenters. The Bertz CT molecular complexity index is 4960. The number of para-hydroxylation sites is 1. The summed E-state index contributed by atoms with van der Waals surface area (Å²) in [5.41, 5.74) is 28.5. The highest BCUT2D eigenvalue weighted by Gasteiger charge is 2.45. The Morgan fingerprint density at radius 3 is 1.78 bits per heavy atom. The van der Waals surface area contributed by atoms with Crippen LogP contribution in [-0.4, -0.2) is 4.57 Å². The first kappa shape index (κ1) is 45.9. The maximum atomic E-state index is 2.60. The van der Waals surface area contributed by atoms with Gasteiger partial charge in [0.1, 0.15) is 0 Å². The van der Waals surface area contributed by atoms with E-state index in [-0.39, 0.29) is 10.8 Å². The molecule has 0 amide bonds. The average Bonchev–Trinajstić information content (AvgIpc) is 2.06. The molecule has 0 fully saturated rings. The number of anilines is 3. The highest BCUT2D eigenvalue weighted by molar-refractivity contribution is 6.19. The van der Waals surface area contributed by atoms with Crippen LogP contribution in [0.25, 0.3) is 116 Å². The molecule has 0 bridgehead atoms. The molecule has 2 nitrogen and oxygen atoms in total. The summed E-state index contributed by atoms with van der Waals surface area (Å²) in [6, 6.07) is 103. The van der Waals surface area contributed by atoms with Gasteiger partial charge < -0.3 is 9.47 Å². The van der Waals surface area contributed by atoms with Gasteiger partial charge in [-0.1, -0.05) is 232 Å². The lowest BCUT2D eigenvalue weighted by Crippen LogP contribution is -2.22. The molecule has 2 heteroatoms. The van der Waals surface area contributed by atoms with Crippen molar-refractivity contribution in [2.24, 2.45) is 0 Å². The predicted molar refractivity (Wildman–Crippen MR) is 341 cm³/mol. The number of aromatic nitrogens is 1. The van der Waals surface area contributed by atoms with Crippen molar-refractivity contribution in [1.82, 2.24) is 4.57 Å². The van der Waals surface area contributed by atoms with Gasteiger partial charge in [0, 0.05) is 49.8 Å². The molecule has 0 spiro atoms. The zero-order chi connectivity index (χ0) is 53.7. The van der Waals surface area contributed by atoms with E-state index in [1.165, 1.54) is 144 Å². The molecule has 3 aliphatic rings. The Balaban J connectivity index is 0.810. The first-order chi connectivity index (χ1) is 39.8. The minimum atomic E-state index is -0.357. The smallest absolute Gasteiger partial charge is 0.0623 e. The molecule has 1 aromatic heterocycles. The van der Waals surface area contributed by atoms with Crippen LogP contribution >= 0.6 is 0 Å². The lowest BCUT2D eigenvalue weighted by Gasteiger charge is -2.29. The summed E-state index contributed by atoms with van der Waals surface area (Å²) in [6.45, 7) is 7.16. The highest BCUT2D eigenvalue weighted by Crippen LogP contribution is 2.60. The zero-order valence-corrected chi connectivity index (χ0v) is 45.4. The van der Waals surface area contributed by atoms with Crippen LogP contribution in [-0.2, 0) is 10.8 Å². The zero-order valence-electron chi connectivity index (χ0n) is 45.4. The van der Waals surface area contributed by atoms with Crippen LogP contribution < -0.4 is 4.90 Å². The summed E-state index contributed by atoms with van der Waals surface area (Å²) in [7, 11) is 0. The molecule has 1 aliphatic heterocycles. The Hall–Kier alpha value is -10.0. The van der Waals surface area contributed by atoms with Crippen LogP contribution in [0.4, 0.5) is 17.1 Å². The van der Waals surface area contributed by atoms with E-state index in [2.05, 4.69) is 303 Å². The summed E-state index contributed by atoms with van der Waals surface area (Å²) in [5.74, 6) is 0. The minimum absolute atomic E-state index is 0.0848. The number of benzene rings is 13. The Morgan fingerprint density at radius 2 is 0.901 bits per heavy atom. The molecule has 2 aliphatic carbocycles. The lowest BCUT2D eigenvalue weighted by molar-refractivity contribution is 0.660. The van der Waals surface area contributed by atoms with E-state index in [1.807, 2.05) is 0 Å². The standard InChI is InChI=1S/C79H54N2/c1-78(2)69-24-11-9-20-63(69)68-48-60(39-43-70(68)78)80(58-36-31-52(32-37-58)54-28-27-50-17-7-8-18-53(50)45-54)59-38-41-62-55(46-59)19-13-22-61(62)56-33-40-65-66-23-14-25-71-75(66)76-72(79(71,3)57-34-29-51(30-35-57)49-15-5-4-6-16-49)44-42-67-64-21-10-12-26-73(64)81(77(67)76)74(65)47-56/h4-48H,1-3H3. The second-order valence-corrected chi connectivity index (χ2v) is 23.3. The van der Waals surface area contributed by atoms with Crippen LogP contribution in [0.1, 0.15) is 48.6 Å². The van der Waals surface area contributed by atoms with E-state index in [0.717, 1.165) is 17.1 Å². The van der Waals surface area contributed by atoms with Crippen molar-refractivity contribution in [2.45, 2.75) is 31.6 Å². The highest BCUT2D eigenvalue weighted by atomic mass is 15.1. The fraction of sp³-hybridized carbons (Fsp3) is 0.0633. The predicted octanol–water partition coefficient (Wildman–Crippen LogP) is 21.2. The van der Waals surface area contributed by atoms with Crippen molar-refractivity contribution in [3.8, 4) is 72.4 Å². The van der Waals surface area contributed by atoms with Gasteiger partial charge in [0.25, 0.3) is 0 Å². The van der Waals surface area contributed by atoms with Crippen molar-refractivity contribution in [1.29, 1.82) is 0 Å². The number of hydrogen-bond donors (Lipinski definition) is 0. The molecule has 0 N–H and O–H groups in total. The van der Waals surface area contributed by atoms with Gasteiger partial charge in [-0.2, -0.15) is 0 Å². The van der Waals surface area contributed by atoms with Gasteiger partial charge in [0.05, 0.1) is 16.7 Å². The van der Waals surface area contributed by atoms with E-state index in [9.17, 15) is 0 Å². The molecule has 0 saturated heterocycles. The molecule has 0 radical (unpaired) electrons. The average molecular weight is 1030 g/mol. The second-order valence-electron chi connectivity index (χ2n) is 23.3. The van der Waals surface area contributed by atoms with E-state index in [1.54, 1.807) is 0 Å². The Kier molecular flexibility index (Phi) is 9.64. The largest absolute Gasteiger partial charge is 0.310 e. The van der Waals surface area contributed by atoms with Crippen LogP contribution in [0.2, 0.25) is 0 Å².